The van der Waals surface area contributed by atoms with Gasteiger partial charge in [-0.25, -0.2) is 0 Å². The molecule has 0 radical (unpaired) electrons. The van der Waals surface area contributed by atoms with Crippen LogP contribution in [0.4, 0.5) is 11.4 Å². The van der Waals surface area contributed by atoms with Crippen LogP contribution in [0.15, 0.2) is 73.3 Å². The maximum Gasteiger partial charge on any atom is 0.243 e. The molecule has 0 amide bonds. The number of rotatable bonds is 1. The Balaban J connectivity index is 1.36. The lowest BCUT2D eigenvalue weighted by Gasteiger charge is -2.48. The molecule has 6 heteroatoms. The number of nitrogens with zero attached hydrogens (tertiary/aromatic N) is 4. The second-order valence-electron chi connectivity index (χ2n) is 13.1. The molecule has 41 heavy (non-hydrogen) atoms. The molecule has 1 aliphatic carbocycles. The van der Waals surface area contributed by atoms with Crippen molar-refractivity contribution in [2.45, 2.75) is 84.0 Å². The Morgan fingerprint density at radius 1 is 0.707 bits per heavy atom. The summed E-state index contributed by atoms with van der Waals surface area (Å²) in [7, 11) is -0.614. The van der Waals surface area contributed by atoms with E-state index in [1.54, 1.807) is 10.6 Å². The summed E-state index contributed by atoms with van der Waals surface area (Å²) in [5.74, 6) is 0.364. The molecule has 5 aliphatic heterocycles. The molecule has 3 aromatic rings. The van der Waals surface area contributed by atoms with Crippen molar-refractivity contribution >= 4 is 53.0 Å². The number of benzene rings is 3. The highest BCUT2D eigenvalue weighted by Crippen LogP contribution is 2.57. The van der Waals surface area contributed by atoms with Gasteiger partial charge in [0.1, 0.15) is 12.1 Å². The lowest BCUT2D eigenvalue weighted by Crippen LogP contribution is -2.66. The quantitative estimate of drug-likeness (QED) is 0.325. The molecule has 4 nitrogen and oxygen atoms in total. The normalized spacial score (nSPS) is 28.3. The second kappa shape index (κ2) is 8.68. The fourth-order valence-corrected chi connectivity index (χ4v) is 12.8. The number of aryl methyl sites for hydroxylation is 3. The average molecular weight is 557 g/mol. The van der Waals surface area contributed by atoms with Crippen LogP contribution in [0.5, 0.6) is 0 Å². The molecule has 206 valence electrons. The number of fused-ring (bicyclic) bond motifs is 7. The standard InChI is InChI=1S/C35H38BN4P/c1-22-20-23(2)32(24(3)21-22)36-26-10-8-14-30-33(26)41-34-27(36)11-9-15-31(34)40-19-18-39(35(40)41)29-13-7-5-6-12-28(29)37-16-17-38(30)25(37)4/h8-11,14-21,25,28-29,35H,5-7,12-13H2,1-4H3/t25-,28?,29?,35+,41?/m1/s1. The molecule has 2 bridgehead atoms. The highest BCUT2D eigenvalue weighted by molar-refractivity contribution is 7.76. The van der Waals surface area contributed by atoms with Crippen molar-refractivity contribution in [2.24, 2.45) is 0 Å². The van der Waals surface area contributed by atoms with E-state index >= 15 is 0 Å². The molecule has 0 spiro atoms. The Labute approximate surface area is 246 Å². The second-order valence-corrected chi connectivity index (χ2v) is 15.2. The zero-order chi connectivity index (χ0) is 27.6. The van der Waals surface area contributed by atoms with Crippen LogP contribution in [0.3, 0.4) is 0 Å². The van der Waals surface area contributed by atoms with Gasteiger partial charge in [0.25, 0.3) is 0 Å². The van der Waals surface area contributed by atoms with Crippen LogP contribution in [-0.2, 0) is 0 Å². The van der Waals surface area contributed by atoms with E-state index in [1.165, 1.54) is 76.6 Å². The Bertz CT molecular complexity index is 1640. The molecule has 1 saturated carbocycles. The molecule has 3 unspecified atom stereocenters. The van der Waals surface area contributed by atoms with Gasteiger partial charge in [0.2, 0.25) is 6.71 Å². The average Bonchev–Trinajstić information content (AvgIpc) is 3.57. The molecule has 0 saturated heterocycles. The van der Waals surface area contributed by atoms with E-state index in [0.29, 0.717) is 24.2 Å². The summed E-state index contributed by atoms with van der Waals surface area (Å²) < 4.78 is 0. The SMILES string of the molecule is Cc1cc(C)c(B2c3cccc4c3P3c5c2cccc5N2C=CN(C5CCCCCC5N5C=CN4[C@H]53)[C@H]2C)c(C)c1. The van der Waals surface area contributed by atoms with E-state index in [9.17, 15) is 0 Å². The minimum atomic E-state index is -0.614. The summed E-state index contributed by atoms with van der Waals surface area (Å²) in [6.45, 7) is 9.58. The first-order valence-electron chi connectivity index (χ1n) is 15.6. The maximum absolute atomic E-state index is 2.84. The van der Waals surface area contributed by atoms with Crippen LogP contribution in [0.1, 0.15) is 55.7 Å². The Hall–Kier alpha value is -3.17. The van der Waals surface area contributed by atoms with Crippen molar-refractivity contribution in [1.29, 1.82) is 0 Å². The van der Waals surface area contributed by atoms with Crippen molar-refractivity contribution in [3.63, 3.8) is 0 Å². The Morgan fingerprint density at radius 3 is 1.98 bits per heavy atom. The number of hydrogen-bond acceptors (Lipinski definition) is 4. The largest absolute Gasteiger partial charge is 0.351 e. The van der Waals surface area contributed by atoms with Crippen molar-refractivity contribution in [2.75, 3.05) is 9.80 Å². The highest BCUT2D eigenvalue weighted by atomic mass is 31.1. The monoisotopic (exact) mass is 556 g/mol. The summed E-state index contributed by atoms with van der Waals surface area (Å²) in [6, 6.07) is 20.3. The van der Waals surface area contributed by atoms with Gasteiger partial charge in [-0.2, -0.15) is 0 Å². The van der Waals surface area contributed by atoms with Crippen LogP contribution in [0.2, 0.25) is 0 Å². The summed E-state index contributed by atoms with van der Waals surface area (Å²) in [6.07, 6.45) is 16.6. The van der Waals surface area contributed by atoms with Gasteiger partial charge in [-0.1, -0.05) is 88.7 Å². The molecule has 1 fully saturated rings. The van der Waals surface area contributed by atoms with Crippen molar-refractivity contribution < 1.29 is 0 Å². The van der Waals surface area contributed by atoms with Gasteiger partial charge in [0.15, 0.2) is 0 Å². The summed E-state index contributed by atoms with van der Waals surface area (Å²) in [5.41, 5.74) is 11.6. The summed E-state index contributed by atoms with van der Waals surface area (Å²) in [5, 5.41) is 3.24. The van der Waals surface area contributed by atoms with Crippen molar-refractivity contribution in [3.8, 4) is 0 Å². The molecular formula is C35H38BN4P. The smallest absolute Gasteiger partial charge is 0.243 e. The topological polar surface area (TPSA) is 13.0 Å². The molecular weight excluding hydrogens is 518 g/mol. The van der Waals surface area contributed by atoms with Crippen LogP contribution in [-0.4, -0.2) is 40.7 Å². The zero-order valence-corrected chi connectivity index (χ0v) is 25.5. The van der Waals surface area contributed by atoms with Crippen LogP contribution in [0, 0.1) is 20.8 Å². The molecule has 0 aromatic heterocycles. The first-order valence-corrected chi connectivity index (χ1v) is 17.0. The highest BCUT2D eigenvalue weighted by Gasteiger charge is 2.54. The van der Waals surface area contributed by atoms with Gasteiger partial charge < -0.3 is 19.6 Å². The fourth-order valence-electron chi connectivity index (χ4n) is 9.34. The van der Waals surface area contributed by atoms with Gasteiger partial charge in [0.05, 0.1) is 23.5 Å². The molecule has 9 rings (SSSR count). The van der Waals surface area contributed by atoms with Gasteiger partial charge in [-0.3, -0.25) is 0 Å². The lowest BCUT2D eigenvalue weighted by molar-refractivity contribution is 0.116. The van der Waals surface area contributed by atoms with Crippen LogP contribution in [0.25, 0.3) is 0 Å². The van der Waals surface area contributed by atoms with Crippen LogP contribution < -0.4 is 36.8 Å². The van der Waals surface area contributed by atoms with Crippen LogP contribution >= 0.6 is 7.92 Å². The van der Waals surface area contributed by atoms with Gasteiger partial charge >= 0.3 is 0 Å². The summed E-state index contributed by atoms with van der Waals surface area (Å²) >= 11 is 0. The minimum absolute atomic E-state index is 0.253. The first kappa shape index (κ1) is 24.4. The van der Waals surface area contributed by atoms with Gasteiger partial charge in [-0.05, 0) is 52.7 Å². The molecule has 5 heterocycles. The maximum atomic E-state index is 2.84. The minimum Gasteiger partial charge on any atom is -0.351 e. The van der Waals surface area contributed by atoms with Gasteiger partial charge in [0, 0.05) is 43.3 Å². The van der Waals surface area contributed by atoms with Crippen molar-refractivity contribution in [1.82, 2.24) is 9.80 Å². The number of anilines is 2. The van der Waals surface area contributed by atoms with Gasteiger partial charge in [-0.15, -0.1) is 0 Å². The van der Waals surface area contributed by atoms with E-state index in [1.807, 2.05) is 0 Å². The Kier molecular flexibility index (Phi) is 5.17. The van der Waals surface area contributed by atoms with E-state index in [-0.39, 0.29) is 6.71 Å². The molecule has 0 N–H and O–H groups in total. The third-order valence-corrected chi connectivity index (χ3v) is 13.8. The predicted octanol–water partition coefficient (Wildman–Crippen LogP) is 4.42. The van der Waals surface area contributed by atoms with E-state index in [0.717, 1.165) is 0 Å². The summed E-state index contributed by atoms with van der Waals surface area (Å²) in [4.78, 5) is 10.8. The fraction of sp³-hybridized carbons (Fsp3) is 0.371. The van der Waals surface area contributed by atoms with E-state index in [2.05, 4.69) is 121 Å². The molecule has 5 atom stereocenters. The first-order chi connectivity index (χ1) is 20.0. The Morgan fingerprint density at radius 2 is 1.29 bits per heavy atom. The third kappa shape index (κ3) is 3.17. The lowest BCUT2D eigenvalue weighted by atomic mass is 9.35. The van der Waals surface area contributed by atoms with E-state index in [4.69, 9.17) is 0 Å². The van der Waals surface area contributed by atoms with E-state index < -0.39 is 7.92 Å². The predicted molar refractivity (Wildman–Crippen MR) is 175 cm³/mol. The molecule has 3 aromatic carbocycles. The number of hydrogen-bond donors (Lipinski definition) is 0. The molecule has 6 aliphatic rings. The zero-order valence-electron chi connectivity index (χ0n) is 24.6. The third-order valence-electron chi connectivity index (χ3n) is 10.9. The van der Waals surface area contributed by atoms with Crippen molar-refractivity contribution in [3.05, 3.63) is 90.0 Å².